The summed E-state index contributed by atoms with van der Waals surface area (Å²) in [6.45, 7) is 2.61. The molecule has 2 atom stereocenters. The third-order valence-electron chi connectivity index (χ3n) is 4.87. The summed E-state index contributed by atoms with van der Waals surface area (Å²) in [5, 5.41) is 1.90. The van der Waals surface area contributed by atoms with E-state index in [2.05, 4.69) is 40.2 Å². The molecular weight excluding hydrogens is 318 g/mol. The van der Waals surface area contributed by atoms with Crippen molar-refractivity contribution >= 4 is 22.5 Å². The van der Waals surface area contributed by atoms with E-state index in [1.165, 1.54) is 5.56 Å². The molecular formula is C20H20ClN3. The molecule has 24 heavy (non-hydrogen) atoms. The van der Waals surface area contributed by atoms with Crippen LogP contribution in [0.2, 0.25) is 5.02 Å². The minimum Gasteiger partial charge on any atom is -0.326 e. The van der Waals surface area contributed by atoms with E-state index in [9.17, 15) is 0 Å². The van der Waals surface area contributed by atoms with Crippen LogP contribution in [0.5, 0.6) is 0 Å². The molecule has 3 nitrogen and oxygen atoms in total. The Hall–Kier alpha value is -1.94. The van der Waals surface area contributed by atoms with Crippen molar-refractivity contribution < 1.29 is 0 Å². The molecule has 3 aromatic rings. The van der Waals surface area contributed by atoms with E-state index < -0.39 is 0 Å². The first kappa shape index (κ1) is 15.6. The number of pyridine rings is 1. The second kappa shape index (κ2) is 6.52. The van der Waals surface area contributed by atoms with Crippen LogP contribution >= 0.6 is 11.6 Å². The third kappa shape index (κ3) is 2.91. The van der Waals surface area contributed by atoms with Crippen molar-refractivity contribution in [3.63, 3.8) is 0 Å². The Morgan fingerprint density at radius 1 is 1.04 bits per heavy atom. The van der Waals surface area contributed by atoms with E-state index in [1.54, 1.807) is 0 Å². The highest BCUT2D eigenvalue weighted by atomic mass is 35.5. The van der Waals surface area contributed by atoms with Gasteiger partial charge in [-0.2, -0.15) is 0 Å². The lowest BCUT2D eigenvalue weighted by Gasteiger charge is -2.18. The van der Waals surface area contributed by atoms with Crippen molar-refractivity contribution in [2.24, 2.45) is 5.73 Å². The Kier molecular flexibility index (Phi) is 4.23. The second-order valence-electron chi connectivity index (χ2n) is 6.48. The Labute approximate surface area is 147 Å². The number of fused-ring (bicyclic) bond motifs is 1. The predicted molar refractivity (Wildman–Crippen MR) is 99.2 cm³/mol. The minimum atomic E-state index is 0.147. The fraction of sp³-hybridized carbons (Fsp3) is 0.250. The molecule has 0 saturated carbocycles. The molecule has 0 unspecified atom stereocenters. The SMILES string of the molecule is N[C@@H]1CN(Cc2c(Cl)ccc3cccnc23)C[C@H]1c1ccccc1. The average molecular weight is 338 g/mol. The second-order valence-corrected chi connectivity index (χ2v) is 6.88. The van der Waals surface area contributed by atoms with Crippen molar-refractivity contribution in [2.45, 2.75) is 18.5 Å². The van der Waals surface area contributed by atoms with Crippen LogP contribution in [0.1, 0.15) is 17.0 Å². The van der Waals surface area contributed by atoms with Gasteiger partial charge >= 0.3 is 0 Å². The van der Waals surface area contributed by atoms with Gasteiger partial charge in [-0.15, -0.1) is 0 Å². The zero-order valence-corrected chi connectivity index (χ0v) is 14.2. The maximum absolute atomic E-state index is 6.47. The molecule has 1 fully saturated rings. The molecule has 0 radical (unpaired) electrons. The topological polar surface area (TPSA) is 42.1 Å². The lowest BCUT2D eigenvalue weighted by atomic mass is 9.95. The summed E-state index contributed by atoms with van der Waals surface area (Å²) < 4.78 is 0. The molecule has 0 spiro atoms. The number of hydrogen-bond donors (Lipinski definition) is 1. The van der Waals surface area contributed by atoms with Crippen LogP contribution in [0.15, 0.2) is 60.8 Å². The fourth-order valence-corrected chi connectivity index (χ4v) is 3.86. The molecule has 4 heteroatoms. The first-order chi connectivity index (χ1) is 11.7. The normalized spacial score (nSPS) is 21.4. The van der Waals surface area contributed by atoms with Gasteiger partial charge < -0.3 is 5.73 Å². The van der Waals surface area contributed by atoms with Crippen LogP contribution in [-0.2, 0) is 6.54 Å². The molecule has 0 bridgehead atoms. The van der Waals surface area contributed by atoms with Crippen molar-refractivity contribution in [3.8, 4) is 0 Å². The number of hydrogen-bond acceptors (Lipinski definition) is 3. The van der Waals surface area contributed by atoms with Crippen LogP contribution in [0, 0.1) is 0 Å². The molecule has 2 N–H and O–H groups in total. The van der Waals surface area contributed by atoms with Crippen molar-refractivity contribution in [1.82, 2.24) is 9.88 Å². The number of halogens is 1. The van der Waals surface area contributed by atoms with E-state index in [1.807, 2.05) is 30.5 Å². The van der Waals surface area contributed by atoms with Crippen LogP contribution in [0.3, 0.4) is 0 Å². The maximum Gasteiger partial charge on any atom is 0.0761 e. The fourth-order valence-electron chi connectivity index (χ4n) is 3.65. The Balaban J connectivity index is 1.60. The number of benzene rings is 2. The molecule has 1 aliphatic rings. The van der Waals surface area contributed by atoms with Crippen LogP contribution in [0.4, 0.5) is 0 Å². The molecule has 0 amide bonds. The predicted octanol–water partition coefficient (Wildman–Crippen LogP) is 3.81. The first-order valence-corrected chi connectivity index (χ1v) is 8.65. The van der Waals surface area contributed by atoms with Gasteiger partial charge in [0.25, 0.3) is 0 Å². The van der Waals surface area contributed by atoms with Crippen LogP contribution in [0.25, 0.3) is 10.9 Å². The molecule has 1 aliphatic heterocycles. The molecule has 1 saturated heterocycles. The van der Waals surface area contributed by atoms with Gasteiger partial charge in [-0.25, -0.2) is 0 Å². The maximum atomic E-state index is 6.47. The van der Waals surface area contributed by atoms with Gasteiger partial charge in [-0.1, -0.05) is 54.1 Å². The number of likely N-dealkylation sites (tertiary alicyclic amines) is 1. The largest absolute Gasteiger partial charge is 0.326 e. The quantitative estimate of drug-likeness (QED) is 0.790. The molecule has 2 heterocycles. The van der Waals surface area contributed by atoms with Crippen molar-refractivity contribution in [1.29, 1.82) is 0 Å². The van der Waals surface area contributed by atoms with Gasteiger partial charge in [0, 0.05) is 53.8 Å². The molecule has 2 aromatic carbocycles. The minimum absolute atomic E-state index is 0.147. The Morgan fingerprint density at radius 3 is 2.71 bits per heavy atom. The van der Waals surface area contributed by atoms with Crippen molar-refractivity contribution in [2.75, 3.05) is 13.1 Å². The monoisotopic (exact) mass is 337 g/mol. The van der Waals surface area contributed by atoms with E-state index in [4.69, 9.17) is 17.3 Å². The van der Waals surface area contributed by atoms with Gasteiger partial charge in [-0.05, 0) is 17.7 Å². The lowest BCUT2D eigenvalue weighted by molar-refractivity contribution is 0.325. The van der Waals surface area contributed by atoms with Crippen LogP contribution < -0.4 is 5.73 Å². The number of nitrogens with zero attached hydrogens (tertiary/aromatic N) is 2. The summed E-state index contributed by atoms with van der Waals surface area (Å²) in [5.74, 6) is 0.368. The van der Waals surface area contributed by atoms with E-state index in [-0.39, 0.29) is 6.04 Å². The summed E-state index contributed by atoms with van der Waals surface area (Å²) in [7, 11) is 0. The average Bonchev–Trinajstić information content (AvgIpc) is 2.99. The highest BCUT2D eigenvalue weighted by Crippen LogP contribution is 2.31. The summed E-state index contributed by atoms with van der Waals surface area (Å²) in [6, 6.07) is 18.7. The summed E-state index contributed by atoms with van der Waals surface area (Å²) in [4.78, 5) is 6.92. The van der Waals surface area contributed by atoms with E-state index in [0.29, 0.717) is 5.92 Å². The van der Waals surface area contributed by atoms with Gasteiger partial charge in [0.2, 0.25) is 0 Å². The Morgan fingerprint density at radius 2 is 1.88 bits per heavy atom. The van der Waals surface area contributed by atoms with E-state index in [0.717, 1.165) is 41.1 Å². The molecule has 122 valence electrons. The smallest absolute Gasteiger partial charge is 0.0761 e. The number of nitrogens with two attached hydrogens (primary N) is 1. The number of rotatable bonds is 3. The van der Waals surface area contributed by atoms with Gasteiger partial charge in [0.15, 0.2) is 0 Å². The molecule has 4 rings (SSSR count). The lowest BCUT2D eigenvalue weighted by Crippen LogP contribution is -2.28. The standard InChI is InChI=1S/C20H20ClN3/c21-18-9-8-15-7-4-10-23-20(15)17(18)12-24-11-16(19(22)13-24)14-5-2-1-3-6-14/h1-10,16,19H,11-13,22H2/t16-,19+/m0/s1. The van der Waals surface area contributed by atoms with Gasteiger partial charge in [0.05, 0.1) is 5.52 Å². The summed E-state index contributed by atoms with van der Waals surface area (Å²) in [6.07, 6.45) is 1.82. The zero-order valence-electron chi connectivity index (χ0n) is 13.4. The Bertz CT molecular complexity index is 850. The number of aromatic nitrogens is 1. The summed E-state index contributed by atoms with van der Waals surface area (Å²) in [5.41, 5.74) is 9.81. The van der Waals surface area contributed by atoms with Crippen molar-refractivity contribution in [3.05, 3.63) is 76.9 Å². The van der Waals surface area contributed by atoms with E-state index >= 15 is 0 Å². The van der Waals surface area contributed by atoms with Gasteiger partial charge in [-0.3, -0.25) is 9.88 Å². The molecule has 1 aromatic heterocycles. The summed E-state index contributed by atoms with van der Waals surface area (Å²) >= 11 is 6.47. The first-order valence-electron chi connectivity index (χ1n) is 8.27. The molecule has 0 aliphatic carbocycles. The zero-order chi connectivity index (χ0) is 16.5. The third-order valence-corrected chi connectivity index (χ3v) is 5.23. The highest BCUT2D eigenvalue weighted by Gasteiger charge is 2.31. The van der Waals surface area contributed by atoms with Crippen LogP contribution in [-0.4, -0.2) is 29.0 Å². The van der Waals surface area contributed by atoms with Gasteiger partial charge in [0.1, 0.15) is 0 Å². The highest BCUT2D eigenvalue weighted by molar-refractivity contribution is 6.32.